The van der Waals surface area contributed by atoms with Crippen molar-refractivity contribution >= 4 is 21.6 Å². The third-order valence-corrected chi connectivity index (χ3v) is 3.78. The predicted octanol–water partition coefficient (Wildman–Crippen LogP) is 3.78. The lowest BCUT2D eigenvalue weighted by atomic mass is 10.2. The van der Waals surface area contributed by atoms with Crippen molar-refractivity contribution in [3.63, 3.8) is 0 Å². The second kappa shape index (κ2) is 6.05. The highest BCUT2D eigenvalue weighted by molar-refractivity contribution is 9.10. The molecule has 0 aliphatic rings. The number of pyridine rings is 1. The van der Waals surface area contributed by atoms with Gasteiger partial charge in [0.05, 0.1) is 11.9 Å². The third-order valence-electron chi connectivity index (χ3n) is 3.01. The van der Waals surface area contributed by atoms with Crippen molar-refractivity contribution in [1.29, 1.82) is 0 Å². The number of anilines is 1. The van der Waals surface area contributed by atoms with E-state index in [1.165, 1.54) is 12.1 Å². The minimum atomic E-state index is -0.247. The molecular formula is C15H12BrFN4. The van der Waals surface area contributed by atoms with Crippen LogP contribution in [0.5, 0.6) is 0 Å². The van der Waals surface area contributed by atoms with Gasteiger partial charge in [0.15, 0.2) is 0 Å². The molecule has 2 heterocycles. The molecule has 0 spiro atoms. The molecule has 1 N–H and O–H groups in total. The topological polar surface area (TPSA) is 42.7 Å². The Kier molecular flexibility index (Phi) is 3.96. The number of hydrogen-bond acceptors (Lipinski definition) is 3. The number of halogens is 2. The number of hydrogen-bond donors (Lipinski definition) is 1. The van der Waals surface area contributed by atoms with Gasteiger partial charge in [-0.3, -0.25) is 4.57 Å². The first-order valence-electron chi connectivity index (χ1n) is 6.34. The van der Waals surface area contributed by atoms with E-state index >= 15 is 0 Å². The van der Waals surface area contributed by atoms with E-state index in [2.05, 4.69) is 31.2 Å². The predicted molar refractivity (Wildman–Crippen MR) is 82.8 cm³/mol. The van der Waals surface area contributed by atoms with Gasteiger partial charge in [0.1, 0.15) is 18.0 Å². The standard InChI is InChI=1S/C15H12BrFN4/c16-14-3-1-12(17)7-11(14)8-19-13-2-4-15(20-9-13)21-6-5-18-10-21/h1-7,9-10,19H,8H2. The SMILES string of the molecule is Fc1ccc(Br)c(CNc2ccc(-n3ccnc3)nc2)c1. The summed E-state index contributed by atoms with van der Waals surface area (Å²) in [5.41, 5.74) is 1.73. The summed E-state index contributed by atoms with van der Waals surface area (Å²) in [7, 11) is 0. The highest BCUT2D eigenvalue weighted by Crippen LogP contribution is 2.19. The zero-order chi connectivity index (χ0) is 14.7. The Morgan fingerprint density at radius 1 is 1.24 bits per heavy atom. The zero-order valence-corrected chi connectivity index (χ0v) is 12.6. The van der Waals surface area contributed by atoms with E-state index in [1.807, 2.05) is 22.9 Å². The average molecular weight is 347 g/mol. The summed E-state index contributed by atoms with van der Waals surface area (Å²) in [5, 5.41) is 3.22. The minimum absolute atomic E-state index is 0.247. The van der Waals surface area contributed by atoms with Crippen molar-refractivity contribution in [2.24, 2.45) is 0 Å². The van der Waals surface area contributed by atoms with Gasteiger partial charge in [-0.15, -0.1) is 0 Å². The molecule has 0 bridgehead atoms. The van der Waals surface area contributed by atoms with E-state index in [9.17, 15) is 4.39 Å². The Bertz CT molecular complexity index is 726. The summed E-state index contributed by atoms with van der Waals surface area (Å²) in [6.45, 7) is 0.518. The Labute approximate surface area is 129 Å². The molecular weight excluding hydrogens is 335 g/mol. The van der Waals surface area contributed by atoms with Gasteiger partial charge >= 0.3 is 0 Å². The number of aromatic nitrogens is 3. The Balaban J connectivity index is 1.70. The van der Waals surface area contributed by atoms with Crippen molar-refractivity contribution in [3.05, 3.63) is 71.1 Å². The molecule has 0 saturated carbocycles. The number of nitrogens with zero attached hydrogens (tertiary/aromatic N) is 3. The van der Waals surface area contributed by atoms with Crippen LogP contribution in [-0.2, 0) is 6.54 Å². The summed E-state index contributed by atoms with van der Waals surface area (Å²) in [5.74, 6) is 0.550. The quantitative estimate of drug-likeness (QED) is 0.781. The molecule has 2 aromatic heterocycles. The lowest BCUT2D eigenvalue weighted by Crippen LogP contribution is -2.02. The fraction of sp³-hybridized carbons (Fsp3) is 0.0667. The van der Waals surface area contributed by atoms with Crippen LogP contribution in [0.15, 0.2) is 59.7 Å². The Hall–Kier alpha value is -2.21. The molecule has 0 amide bonds. The maximum Gasteiger partial charge on any atom is 0.137 e. The molecule has 0 unspecified atom stereocenters. The van der Waals surface area contributed by atoms with Gasteiger partial charge in [0, 0.05) is 23.4 Å². The number of rotatable bonds is 4. The first kappa shape index (κ1) is 13.8. The van der Waals surface area contributed by atoms with E-state index < -0.39 is 0 Å². The van der Waals surface area contributed by atoms with Crippen LogP contribution in [0.4, 0.5) is 10.1 Å². The van der Waals surface area contributed by atoms with Crippen molar-refractivity contribution in [2.45, 2.75) is 6.54 Å². The second-order valence-corrected chi connectivity index (χ2v) is 5.32. The van der Waals surface area contributed by atoms with Crippen LogP contribution in [-0.4, -0.2) is 14.5 Å². The van der Waals surface area contributed by atoms with Gasteiger partial charge in [-0.1, -0.05) is 15.9 Å². The van der Waals surface area contributed by atoms with Crippen LogP contribution in [0, 0.1) is 5.82 Å². The van der Waals surface area contributed by atoms with Crippen molar-refractivity contribution in [3.8, 4) is 5.82 Å². The third kappa shape index (κ3) is 3.28. The van der Waals surface area contributed by atoms with Gasteiger partial charge in [-0.25, -0.2) is 14.4 Å². The largest absolute Gasteiger partial charge is 0.380 e. The summed E-state index contributed by atoms with van der Waals surface area (Å²) in [6, 6.07) is 8.45. The van der Waals surface area contributed by atoms with E-state index in [1.54, 1.807) is 24.8 Å². The van der Waals surface area contributed by atoms with Crippen LogP contribution in [0.1, 0.15) is 5.56 Å². The van der Waals surface area contributed by atoms with Crippen molar-refractivity contribution in [2.75, 3.05) is 5.32 Å². The minimum Gasteiger partial charge on any atom is -0.380 e. The molecule has 6 heteroatoms. The molecule has 0 aliphatic carbocycles. The van der Waals surface area contributed by atoms with Crippen molar-refractivity contribution in [1.82, 2.24) is 14.5 Å². The molecule has 0 radical (unpaired) electrons. The van der Waals surface area contributed by atoms with E-state index in [4.69, 9.17) is 0 Å². The molecule has 4 nitrogen and oxygen atoms in total. The first-order chi connectivity index (χ1) is 10.2. The van der Waals surface area contributed by atoms with Crippen LogP contribution in [0.2, 0.25) is 0 Å². The summed E-state index contributed by atoms with van der Waals surface area (Å²) in [4.78, 5) is 8.33. The molecule has 0 atom stereocenters. The average Bonchev–Trinajstić information content (AvgIpc) is 3.03. The second-order valence-electron chi connectivity index (χ2n) is 4.46. The fourth-order valence-electron chi connectivity index (χ4n) is 1.91. The Morgan fingerprint density at radius 3 is 2.86 bits per heavy atom. The molecule has 0 saturated heterocycles. The molecule has 21 heavy (non-hydrogen) atoms. The highest BCUT2D eigenvalue weighted by Gasteiger charge is 2.03. The maximum atomic E-state index is 13.2. The van der Waals surface area contributed by atoms with Gasteiger partial charge in [-0.2, -0.15) is 0 Å². The van der Waals surface area contributed by atoms with Gasteiger partial charge in [-0.05, 0) is 35.9 Å². The molecule has 0 aliphatic heterocycles. The van der Waals surface area contributed by atoms with Crippen molar-refractivity contribution < 1.29 is 4.39 Å². The summed E-state index contributed by atoms with van der Waals surface area (Å²) in [6.07, 6.45) is 6.97. The van der Waals surface area contributed by atoms with Crippen LogP contribution >= 0.6 is 15.9 Å². The maximum absolute atomic E-state index is 13.2. The van der Waals surface area contributed by atoms with E-state index in [0.29, 0.717) is 6.54 Å². The zero-order valence-electron chi connectivity index (χ0n) is 11.0. The highest BCUT2D eigenvalue weighted by atomic mass is 79.9. The normalized spacial score (nSPS) is 10.6. The molecule has 3 aromatic rings. The monoisotopic (exact) mass is 346 g/mol. The van der Waals surface area contributed by atoms with Crippen LogP contribution < -0.4 is 5.32 Å². The molecule has 3 rings (SSSR count). The first-order valence-corrected chi connectivity index (χ1v) is 7.14. The smallest absolute Gasteiger partial charge is 0.137 e. The van der Waals surface area contributed by atoms with Gasteiger partial charge in [0.2, 0.25) is 0 Å². The number of imidazole rings is 1. The van der Waals surface area contributed by atoms with Gasteiger partial charge in [0.25, 0.3) is 0 Å². The molecule has 1 aromatic carbocycles. The van der Waals surface area contributed by atoms with Crippen LogP contribution in [0.25, 0.3) is 5.82 Å². The number of nitrogens with one attached hydrogen (secondary N) is 1. The number of benzene rings is 1. The fourth-order valence-corrected chi connectivity index (χ4v) is 2.30. The Morgan fingerprint density at radius 2 is 2.14 bits per heavy atom. The lowest BCUT2D eigenvalue weighted by Gasteiger charge is -2.09. The summed E-state index contributed by atoms with van der Waals surface area (Å²) < 4.78 is 15.9. The van der Waals surface area contributed by atoms with E-state index in [0.717, 1.165) is 21.5 Å². The van der Waals surface area contributed by atoms with Gasteiger partial charge < -0.3 is 5.32 Å². The molecule has 0 fully saturated rings. The lowest BCUT2D eigenvalue weighted by molar-refractivity contribution is 0.625. The molecule has 106 valence electrons. The summed E-state index contributed by atoms with van der Waals surface area (Å²) >= 11 is 3.41. The van der Waals surface area contributed by atoms with E-state index in [-0.39, 0.29) is 5.82 Å². The van der Waals surface area contributed by atoms with Crippen LogP contribution in [0.3, 0.4) is 0 Å².